The lowest BCUT2D eigenvalue weighted by atomic mass is 10.0. The van der Waals surface area contributed by atoms with Crippen LogP contribution in [0.25, 0.3) is 0 Å². The molecule has 0 aromatic heterocycles. The number of ether oxygens (including phenoxy) is 1. The van der Waals surface area contributed by atoms with Gasteiger partial charge >= 0.3 is 0 Å². The number of unbranched alkanes of at least 4 members (excludes halogenated alkanes) is 10. The molecule has 2 N–H and O–H groups in total. The van der Waals surface area contributed by atoms with Gasteiger partial charge in [0.05, 0.1) is 13.2 Å². The number of hydrogen-bond acceptors (Lipinski definition) is 3. The molecule has 306 valence electrons. The fourth-order valence-corrected chi connectivity index (χ4v) is 3.93. The van der Waals surface area contributed by atoms with Crippen LogP contribution >= 0.6 is 0 Å². The number of rotatable bonds is 17. The van der Waals surface area contributed by atoms with Crippen molar-refractivity contribution in [2.24, 2.45) is 0 Å². The quantitative estimate of drug-likeness (QED) is 0.126. The van der Waals surface area contributed by atoms with E-state index in [4.69, 9.17) is 14.9 Å². The van der Waals surface area contributed by atoms with Crippen molar-refractivity contribution in [2.45, 2.75) is 104 Å². The summed E-state index contributed by atoms with van der Waals surface area (Å²) >= 11 is 0. The molecular formula is C50H88O3. The highest BCUT2D eigenvalue weighted by molar-refractivity contribution is 5.41. The second kappa shape index (κ2) is 97.3. The molecule has 0 saturated heterocycles. The minimum absolute atomic E-state index is 0.125. The third-order valence-corrected chi connectivity index (χ3v) is 5.86. The second-order valence-electron chi connectivity index (χ2n) is 8.80. The van der Waals surface area contributed by atoms with Crippen LogP contribution in [0.1, 0.15) is 102 Å². The van der Waals surface area contributed by atoms with E-state index in [9.17, 15) is 0 Å². The zero-order chi connectivity index (χ0) is 44.0. The molecule has 3 heteroatoms. The summed E-state index contributed by atoms with van der Waals surface area (Å²) in [5, 5.41) is 15.2. The molecule has 0 aliphatic carbocycles. The average Bonchev–Trinajstić information content (AvgIpc) is 3.28. The van der Waals surface area contributed by atoms with Crippen LogP contribution < -0.4 is 4.74 Å². The van der Waals surface area contributed by atoms with Gasteiger partial charge in [-0.05, 0) is 48.9 Å². The van der Waals surface area contributed by atoms with Crippen LogP contribution in [0, 0.1) is 0 Å². The van der Waals surface area contributed by atoms with Crippen molar-refractivity contribution in [1.82, 2.24) is 0 Å². The Morgan fingerprint density at radius 2 is 0.585 bits per heavy atom. The molecule has 0 saturated carbocycles. The lowest BCUT2D eigenvalue weighted by molar-refractivity contribution is 0.186. The monoisotopic (exact) mass is 737 g/mol. The Labute approximate surface area is 333 Å². The average molecular weight is 737 g/mol. The van der Waals surface area contributed by atoms with Gasteiger partial charge in [0.25, 0.3) is 0 Å². The molecule has 53 heavy (non-hydrogen) atoms. The van der Waals surface area contributed by atoms with Gasteiger partial charge in [-0.2, -0.15) is 0 Å². The zero-order valence-electron chi connectivity index (χ0n) is 35.4. The summed E-state index contributed by atoms with van der Waals surface area (Å²) < 4.78 is 6.43. The van der Waals surface area contributed by atoms with Gasteiger partial charge in [-0.1, -0.05) is 114 Å². The predicted molar refractivity (Wildman–Crippen MR) is 254 cm³/mol. The summed E-state index contributed by atoms with van der Waals surface area (Å²) in [6.45, 7) is 64.3. The number of para-hydroxylation sites is 2. The highest BCUT2D eigenvalue weighted by Crippen LogP contribution is 2.30. The van der Waals surface area contributed by atoms with Gasteiger partial charge in [0.15, 0.2) is 0 Å². The third-order valence-electron chi connectivity index (χ3n) is 5.86. The molecule has 0 bridgehead atoms. The topological polar surface area (TPSA) is 49.7 Å². The number of aliphatic hydroxyl groups is 2. The summed E-state index contributed by atoms with van der Waals surface area (Å²) in [6.07, 6.45) is 18.2. The summed E-state index contributed by atoms with van der Waals surface area (Å²) in [5.74, 6) is 2.08. The van der Waals surface area contributed by atoms with Crippen LogP contribution in [-0.2, 0) is 12.8 Å². The van der Waals surface area contributed by atoms with Crippen molar-refractivity contribution in [2.75, 3.05) is 13.2 Å². The first-order valence-electron chi connectivity index (χ1n) is 18.3. The van der Waals surface area contributed by atoms with Gasteiger partial charge in [0.1, 0.15) is 11.5 Å². The summed E-state index contributed by atoms with van der Waals surface area (Å²) in [7, 11) is 0. The lowest BCUT2D eigenvalue weighted by Gasteiger charge is -2.14. The van der Waals surface area contributed by atoms with E-state index in [1.54, 1.807) is 0 Å². The van der Waals surface area contributed by atoms with Gasteiger partial charge in [0, 0.05) is 0 Å². The van der Waals surface area contributed by atoms with Crippen LogP contribution in [0.15, 0.2) is 180 Å². The molecule has 0 spiro atoms. The maximum atomic E-state index is 7.62. The Morgan fingerprint density at radius 3 is 0.830 bits per heavy atom. The van der Waals surface area contributed by atoms with E-state index >= 15 is 0 Å². The second-order valence-corrected chi connectivity index (χ2v) is 8.80. The molecule has 2 aromatic rings. The highest BCUT2D eigenvalue weighted by atomic mass is 16.5. The van der Waals surface area contributed by atoms with E-state index in [1.165, 1.54) is 88.2 Å². The van der Waals surface area contributed by atoms with Gasteiger partial charge in [-0.3, -0.25) is 0 Å². The Kier molecular flexibility index (Phi) is 136. The van der Waals surface area contributed by atoms with E-state index in [0.717, 1.165) is 24.3 Å². The summed E-state index contributed by atoms with van der Waals surface area (Å²) in [5.41, 5.74) is 2.69. The van der Waals surface area contributed by atoms with Gasteiger partial charge < -0.3 is 14.9 Å². The number of hydrogen-bond donors (Lipinski definition) is 2. The van der Waals surface area contributed by atoms with E-state index in [0.29, 0.717) is 0 Å². The third kappa shape index (κ3) is 66.4. The molecule has 0 amide bonds. The largest absolute Gasteiger partial charge is 0.457 e. The van der Waals surface area contributed by atoms with Crippen LogP contribution in [0.4, 0.5) is 0 Å². The first kappa shape index (κ1) is 73.9. The van der Waals surface area contributed by atoms with E-state index in [1.807, 2.05) is 0 Å². The lowest BCUT2D eigenvalue weighted by Crippen LogP contribution is -1.96. The Hall–Kier alpha value is -4.44. The van der Waals surface area contributed by atoms with Crippen molar-refractivity contribution in [1.29, 1.82) is 0 Å². The summed E-state index contributed by atoms with van der Waals surface area (Å²) in [4.78, 5) is 0. The molecule has 0 unspecified atom stereocenters. The molecule has 3 nitrogen and oxygen atoms in total. The minimum atomic E-state index is -0.125. The standard InChI is InChI=1S/C28H42O.C2H6O2.10C2H4/c1-3-5-7-9-11-13-19-25-21-15-17-23-27(25)29-28-24-18-16-22-26(28)20-14-12-10-8-6-4-2;3-1-2-4;10*1-2/h15-18,21-24H,3-14,19-20H2,1-2H3;3-4H,1-2H2;10*1-2H2. The van der Waals surface area contributed by atoms with E-state index in [-0.39, 0.29) is 13.2 Å². The molecule has 0 fully saturated rings. The molecule has 0 heterocycles. The molecule has 2 rings (SSSR count). The fraction of sp³-hybridized carbons (Fsp3) is 0.360. The fourth-order valence-electron chi connectivity index (χ4n) is 3.93. The highest BCUT2D eigenvalue weighted by Gasteiger charge is 2.08. The Bertz CT molecular complexity index is 757. The molecule has 0 atom stereocenters. The molecule has 0 radical (unpaired) electrons. The van der Waals surface area contributed by atoms with Crippen LogP contribution in [-0.4, -0.2) is 23.4 Å². The van der Waals surface area contributed by atoms with Crippen molar-refractivity contribution in [3.63, 3.8) is 0 Å². The van der Waals surface area contributed by atoms with Gasteiger partial charge in [-0.25, -0.2) is 0 Å². The zero-order valence-corrected chi connectivity index (χ0v) is 35.4. The van der Waals surface area contributed by atoms with Gasteiger partial charge in [-0.15, -0.1) is 132 Å². The smallest absolute Gasteiger partial charge is 0.130 e. The van der Waals surface area contributed by atoms with E-state index in [2.05, 4.69) is 194 Å². The predicted octanol–water partition coefficient (Wildman–Crippen LogP) is 16.3. The van der Waals surface area contributed by atoms with Crippen LogP contribution in [0.5, 0.6) is 11.5 Å². The number of aryl methyl sites for hydroxylation is 2. The van der Waals surface area contributed by atoms with Crippen molar-refractivity contribution in [3.05, 3.63) is 191 Å². The first-order valence-corrected chi connectivity index (χ1v) is 18.3. The first-order chi connectivity index (χ1) is 26.3. The van der Waals surface area contributed by atoms with E-state index < -0.39 is 0 Å². The van der Waals surface area contributed by atoms with Crippen LogP contribution in [0.2, 0.25) is 0 Å². The van der Waals surface area contributed by atoms with Gasteiger partial charge in [0.2, 0.25) is 0 Å². The molecule has 0 aliphatic rings. The maximum absolute atomic E-state index is 7.62. The normalized spacial score (nSPS) is 7.32. The Balaban J connectivity index is -0.0000000810. The molecule has 0 aliphatic heterocycles. The van der Waals surface area contributed by atoms with Crippen molar-refractivity contribution in [3.8, 4) is 11.5 Å². The molecule has 2 aromatic carbocycles. The maximum Gasteiger partial charge on any atom is 0.130 e. The Morgan fingerprint density at radius 1 is 0.358 bits per heavy atom. The van der Waals surface area contributed by atoms with Crippen molar-refractivity contribution >= 4 is 0 Å². The minimum Gasteiger partial charge on any atom is -0.457 e. The SMILES string of the molecule is C=C.C=C.C=C.C=C.C=C.C=C.C=C.C=C.C=C.C=C.CCCCCCCCc1ccccc1Oc1ccccc1CCCCCCCC.OCCO. The molecular weight excluding hydrogens is 649 g/mol. The summed E-state index contributed by atoms with van der Waals surface area (Å²) in [6, 6.07) is 17.2. The van der Waals surface area contributed by atoms with Crippen LogP contribution in [0.3, 0.4) is 0 Å². The van der Waals surface area contributed by atoms with Crippen molar-refractivity contribution < 1.29 is 14.9 Å². The number of benzene rings is 2. The number of aliphatic hydroxyl groups excluding tert-OH is 2.